The molecule has 0 unspecified atom stereocenters. The van der Waals surface area contributed by atoms with Crippen LogP contribution in [0.1, 0.15) is 38.5 Å². The molecule has 6 nitrogen and oxygen atoms in total. The molecule has 0 amide bonds. The lowest BCUT2D eigenvalue weighted by Crippen LogP contribution is -2.47. The summed E-state index contributed by atoms with van der Waals surface area (Å²) in [5, 5.41) is 21.8. The van der Waals surface area contributed by atoms with E-state index in [0.717, 1.165) is 25.7 Å². The van der Waals surface area contributed by atoms with E-state index in [1.54, 1.807) is 0 Å². The van der Waals surface area contributed by atoms with Crippen molar-refractivity contribution >= 4 is 0 Å². The fourth-order valence-electron chi connectivity index (χ4n) is 3.46. The van der Waals surface area contributed by atoms with Crippen LogP contribution in [0, 0.1) is 32.1 Å². The van der Waals surface area contributed by atoms with Gasteiger partial charge in [0, 0.05) is 34.5 Å². The zero-order valence-electron chi connectivity index (χ0n) is 9.08. The van der Waals surface area contributed by atoms with E-state index >= 15 is 0 Å². The Balaban J connectivity index is 2.17. The Morgan fingerprint density at radius 3 is 1.44 bits per heavy atom. The smallest absolute Gasteiger partial charge is 0.216 e. The molecule has 2 aliphatic rings. The van der Waals surface area contributed by atoms with E-state index in [9.17, 15) is 20.2 Å². The Bertz CT molecular complexity index is 277. The van der Waals surface area contributed by atoms with Crippen LogP contribution < -0.4 is 0 Å². The molecule has 0 aromatic heterocycles. The minimum Gasteiger partial charge on any atom is -0.264 e. The molecule has 0 heterocycles. The lowest BCUT2D eigenvalue weighted by Gasteiger charge is -2.37. The van der Waals surface area contributed by atoms with E-state index < -0.39 is 12.1 Å². The molecule has 0 spiro atoms. The Labute approximate surface area is 93.3 Å². The van der Waals surface area contributed by atoms with Crippen molar-refractivity contribution in [2.75, 3.05) is 0 Å². The molecule has 16 heavy (non-hydrogen) atoms. The van der Waals surface area contributed by atoms with Gasteiger partial charge in [0.2, 0.25) is 12.1 Å². The van der Waals surface area contributed by atoms with Gasteiger partial charge in [-0.05, 0) is 25.7 Å². The van der Waals surface area contributed by atoms with E-state index in [4.69, 9.17) is 0 Å². The van der Waals surface area contributed by atoms with Gasteiger partial charge in [0.15, 0.2) is 0 Å². The first kappa shape index (κ1) is 11.3. The zero-order chi connectivity index (χ0) is 11.7. The van der Waals surface area contributed by atoms with Crippen molar-refractivity contribution in [2.24, 2.45) is 11.8 Å². The standard InChI is InChI=1S/C10H16N2O4/c13-11(14)9-5-1-3-7-8(9)4-2-6-10(7)12(15)16/h7-10H,1-6H2/t7-,8-,9-,10+/m1/s1. The fraction of sp³-hybridized carbons (Fsp3) is 1.00. The molecule has 0 aromatic carbocycles. The maximum absolute atomic E-state index is 10.9. The predicted molar refractivity (Wildman–Crippen MR) is 56.2 cm³/mol. The Kier molecular flexibility index (Phi) is 3.07. The minimum atomic E-state index is -0.540. The van der Waals surface area contributed by atoms with Crippen LogP contribution in [0.2, 0.25) is 0 Å². The monoisotopic (exact) mass is 228 g/mol. The molecule has 0 bridgehead atoms. The first-order valence-corrected chi connectivity index (χ1v) is 5.88. The normalized spacial score (nSPS) is 38.8. The van der Waals surface area contributed by atoms with Crippen LogP contribution >= 0.6 is 0 Å². The van der Waals surface area contributed by atoms with Crippen molar-refractivity contribution in [1.29, 1.82) is 0 Å². The van der Waals surface area contributed by atoms with Gasteiger partial charge in [-0.15, -0.1) is 0 Å². The molecular weight excluding hydrogens is 212 g/mol. The summed E-state index contributed by atoms with van der Waals surface area (Å²) < 4.78 is 0. The molecule has 2 saturated carbocycles. The molecule has 2 aliphatic carbocycles. The lowest BCUT2D eigenvalue weighted by atomic mass is 9.66. The quantitative estimate of drug-likeness (QED) is 0.533. The topological polar surface area (TPSA) is 86.3 Å². The number of fused-ring (bicyclic) bond motifs is 1. The highest BCUT2D eigenvalue weighted by Gasteiger charge is 2.49. The van der Waals surface area contributed by atoms with Crippen LogP contribution in [-0.2, 0) is 0 Å². The van der Waals surface area contributed by atoms with E-state index in [-0.39, 0.29) is 21.7 Å². The van der Waals surface area contributed by atoms with Gasteiger partial charge >= 0.3 is 0 Å². The van der Waals surface area contributed by atoms with E-state index in [1.807, 2.05) is 0 Å². The number of nitrogens with zero attached hydrogens (tertiary/aromatic N) is 2. The van der Waals surface area contributed by atoms with Gasteiger partial charge in [0.05, 0.1) is 0 Å². The third kappa shape index (κ3) is 1.88. The fourth-order valence-corrected chi connectivity index (χ4v) is 3.46. The average Bonchev–Trinajstić information content (AvgIpc) is 2.27. The molecule has 0 N–H and O–H groups in total. The average molecular weight is 228 g/mol. The third-order valence-corrected chi connectivity index (χ3v) is 4.15. The first-order valence-electron chi connectivity index (χ1n) is 5.88. The third-order valence-electron chi connectivity index (χ3n) is 4.15. The highest BCUT2D eigenvalue weighted by atomic mass is 16.6. The zero-order valence-corrected chi connectivity index (χ0v) is 9.08. The second kappa shape index (κ2) is 4.35. The van der Waals surface area contributed by atoms with Crippen LogP contribution in [0.3, 0.4) is 0 Å². The summed E-state index contributed by atoms with van der Waals surface area (Å²) in [6.07, 6.45) is 4.30. The van der Waals surface area contributed by atoms with Gasteiger partial charge in [-0.2, -0.15) is 0 Å². The van der Waals surface area contributed by atoms with Crippen molar-refractivity contribution < 1.29 is 9.85 Å². The second-order valence-electron chi connectivity index (χ2n) is 4.89. The predicted octanol–water partition coefficient (Wildman–Crippen LogP) is 1.88. The molecule has 0 saturated heterocycles. The molecular formula is C10H16N2O4. The number of nitro groups is 2. The van der Waals surface area contributed by atoms with Gasteiger partial charge in [0.25, 0.3) is 0 Å². The molecule has 2 fully saturated rings. The van der Waals surface area contributed by atoms with Gasteiger partial charge in [-0.1, -0.05) is 0 Å². The number of hydrogen-bond acceptors (Lipinski definition) is 4. The second-order valence-corrected chi connectivity index (χ2v) is 4.89. The molecule has 0 aliphatic heterocycles. The molecule has 90 valence electrons. The highest BCUT2D eigenvalue weighted by Crippen LogP contribution is 2.42. The maximum atomic E-state index is 10.9. The Morgan fingerprint density at radius 1 is 0.750 bits per heavy atom. The van der Waals surface area contributed by atoms with E-state index in [1.165, 1.54) is 0 Å². The lowest BCUT2D eigenvalue weighted by molar-refractivity contribution is -0.564. The van der Waals surface area contributed by atoms with Gasteiger partial charge in [-0.3, -0.25) is 20.2 Å². The molecule has 2 rings (SSSR count). The molecule has 4 atom stereocenters. The Morgan fingerprint density at radius 2 is 1.12 bits per heavy atom. The summed E-state index contributed by atoms with van der Waals surface area (Å²) in [5.74, 6) is -0.124. The van der Waals surface area contributed by atoms with Crippen molar-refractivity contribution in [2.45, 2.75) is 50.6 Å². The van der Waals surface area contributed by atoms with Gasteiger partial charge < -0.3 is 0 Å². The summed E-state index contributed by atoms with van der Waals surface area (Å²) in [6, 6.07) is -1.08. The summed E-state index contributed by atoms with van der Waals surface area (Å²) >= 11 is 0. The van der Waals surface area contributed by atoms with Crippen molar-refractivity contribution in [3.63, 3.8) is 0 Å². The molecule has 0 radical (unpaired) electrons. The van der Waals surface area contributed by atoms with Gasteiger partial charge in [-0.25, -0.2) is 0 Å². The SMILES string of the molecule is O=[N+]([O-])[C@@H]1CCC[C@@H]2[C@H]1CCC[C@@H]2[N+](=O)[O-]. The summed E-state index contributed by atoms with van der Waals surface area (Å²) in [4.78, 5) is 21.4. The number of hydrogen-bond donors (Lipinski definition) is 0. The first-order chi connectivity index (χ1) is 7.61. The van der Waals surface area contributed by atoms with Crippen LogP contribution in [0.5, 0.6) is 0 Å². The Hall–Kier alpha value is -1.20. The van der Waals surface area contributed by atoms with E-state index in [2.05, 4.69) is 0 Å². The summed E-state index contributed by atoms with van der Waals surface area (Å²) in [6.45, 7) is 0. The molecule has 0 aromatic rings. The van der Waals surface area contributed by atoms with Crippen molar-refractivity contribution in [1.82, 2.24) is 0 Å². The van der Waals surface area contributed by atoms with Crippen LogP contribution in [0.4, 0.5) is 0 Å². The summed E-state index contributed by atoms with van der Waals surface area (Å²) in [5.41, 5.74) is 0. The summed E-state index contributed by atoms with van der Waals surface area (Å²) in [7, 11) is 0. The maximum Gasteiger partial charge on any atom is 0.216 e. The largest absolute Gasteiger partial charge is 0.264 e. The van der Waals surface area contributed by atoms with Crippen LogP contribution in [0.25, 0.3) is 0 Å². The van der Waals surface area contributed by atoms with Crippen LogP contribution in [-0.4, -0.2) is 21.9 Å². The molecule has 6 heteroatoms. The minimum absolute atomic E-state index is 0.0621. The van der Waals surface area contributed by atoms with E-state index in [0.29, 0.717) is 12.8 Å². The van der Waals surface area contributed by atoms with Crippen molar-refractivity contribution in [3.8, 4) is 0 Å². The van der Waals surface area contributed by atoms with Crippen molar-refractivity contribution in [3.05, 3.63) is 20.2 Å². The highest BCUT2D eigenvalue weighted by molar-refractivity contribution is 4.90. The van der Waals surface area contributed by atoms with Gasteiger partial charge in [0.1, 0.15) is 0 Å². The van der Waals surface area contributed by atoms with Crippen LogP contribution in [0.15, 0.2) is 0 Å². The number of rotatable bonds is 2.